The van der Waals surface area contributed by atoms with Gasteiger partial charge in [0.15, 0.2) is 5.16 Å². The Labute approximate surface area is 207 Å². The molecule has 0 saturated heterocycles. The minimum atomic E-state index is 0.0887. The van der Waals surface area contributed by atoms with E-state index in [0.717, 1.165) is 49.0 Å². The topological polar surface area (TPSA) is 69.0 Å². The number of ether oxygens (including phenoxy) is 1. The first-order valence-corrected chi connectivity index (χ1v) is 13.0. The van der Waals surface area contributed by atoms with Crippen molar-refractivity contribution in [2.24, 2.45) is 0 Å². The maximum atomic E-state index is 12.3. The predicted octanol–water partition coefficient (Wildman–Crippen LogP) is 4.91. The van der Waals surface area contributed by atoms with Gasteiger partial charge in [0.25, 0.3) is 0 Å². The lowest BCUT2D eigenvalue weighted by Gasteiger charge is -2.11. The third-order valence-corrected chi connectivity index (χ3v) is 6.59. The van der Waals surface area contributed by atoms with Gasteiger partial charge in [0.2, 0.25) is 5.91 Å². The Morgan fingerprint density at radius 3 is 2.50 bits per heavy atom. The third kappa shape index (κ3) is 8.61. The number of aromatic nitrogens is 3. The van der Waals surface area contributed by atoms with Gasteiger partial charge in [0.1, 0.15) is 5.82 Å². The lowest BCUT2D eigenvalue weighted by molar-refractivity contribution is -0.121. The smallest absolute Gasteiger partial charge is 0.220 e. The van der Waals surface area contributed by atoms with E-state index in [2.05, 4.69) is 64.3 Å². The van der Waals surface area contributed by atoms with Gasteiger partial charge in [0.05, 0.1) is 0 Å². The van der Waals surface area contributed by atoms with Crippen molar-refractivity contribution in [1.29, 1.82) is 0 Å². The van der Waals surface area contributed by atoms with Crippen molar-refractivity contribution in [3.63, 3.8) is 0 Å². The third-order valence-electron chi connectivity index (χ3n) is 5.56. The molecule has 0 atom stereocenters. The molecule has 6 nitrogen and oxygen atoms in total. The number of nitrogens with zero attached hydrogens (tertiary/aromatic N) is 3. The summed E-state index contributed by atoms with van der Waals surface area (Å²) in [6.45, 7) is 6.43. The minimum Gasteiger partial charge on any atom is -0.385 e. The molecule has 1 heterocycles. The second kappa shape index (κ2) is 13.9. The minimum absolute atomic E-state index is 0.0887. The Morgan fingerprint density at radius 1 is 1.00 bits per heavy atom. The van der Waals surface area contributed by atoms with Crippen LogP contribution in [0.4, 0.5) is 0 Å². The zero-order valence-corrected chi connectivity index (χ0v) is 21.4. The molecule has 1 amide bonds. The highest BCUT2D eigenvalue weighted by atomic mass is 32.2. The van der Waals surface area contributed by atoms with E-state index in [1.54, 1.807) is 18.9 Å². The molecule has 0 unspecified atom stereocenters. The van der Waals surface area contributed by atoms with Crippen LogP contribution in [-0.4, -0.2) is 40.9 Å². The normalized spacial score (nSPS) is 11.0. The molecule has 182 valence electrons. The van der Waals surface area contributed by atoms with Crippen molar-refractivity contribution < 1.29 is 9.53 Å². The van der Waals surface area contributed by atoms with E-state index in [1.165, 1.54) is 22.3 Å². The Balaban J connectivity index is 1.51. The molecule has 3 aromatic rings. The molecule has 34 heavy (non-hydrogen) atoms. The zero-order valence-electron chi connectivity index (χ0n) is 20.5. The highest BCUT2D eigenvalue weighted by Crippen LogP contribution is 2.24. The molecule has 0 saturated carbocycles. The predicted molar refractivity (Wildman–Crippen MR) is 138 cm³/mol. The molecule has 0 fully saturated rings. The Morgan fingerprint density at radius 2 is 1.76 bits per heavy atom. The van der Waals surface area contributed by atoms with Gasteiger partial charge in [-0.05, 0) is 44.2 Å². The van der Waals surface area contributed by atoms with Gasteiger partial charge in [-0.1, -0.05) is 71.4 Å². The lowest BCUT2D eigenvalue weighted by atomic mass is 10.1. The van der Waals surface area contributed by atoms with Crippen molar-refractivity contribution in [3.05, 3.63) is 76.6 Å². The molecule has 0 bridgehead atoms. The van der Waals surface area contributed by atoms with E-state index in [0.29, 0.717) is 19.6 Å². The van der Waals surface area contributed by atoms with E-state index in [1.807, 2.05) is 18.2 Å². The monoisotopic (exact) mass is 480 g/mol. The fourth-order valence-corrected chi connectivity index (χ4v) is 4.90. The number of rotatable bonds is 14. The second-order valence-corrected chi connectivity index (χ2v) is 9.56. The summed E-state index contributed by atoms with van der Waals surface area (Å²) in [6.07, 6.45) is 3.72. The van der Waals surface area contributed by atoms with Crippen molar-refractivity contribution >= 4 is 17.7 Å². The largest absolute Gasteiger partial charge is 0.385 e. The van der Waals surface area contributed by atoms with Crippen LogP contribution >= 0.6 is 11.8 Å². The number of carbonyl (C=O) groups excluding carboxylic acids is 1. The van der Waals surface area contributed by atoms with E-state index < -0.39 is 0 Å². The first-order valence-electron chi connectivity index (χ1n) is 12.0. The molecule has 2 aromatic carbocycles. The highest BCUT2D eigenvalue weighted by Gasteiger charge is 2.14. The number of thioether (sulfide) groups is 1. The first-order chi connectivity index (χ1) is 16.5. The van der Waals surface area contributed by atoms with Crippen molar-refractivity contribution in [2.75, 3.05) is 20.3 Å². The number of methoxy groups -OCH3 is 1. The number of nitrogens with one attached hydrogen (secondary N) is 1. The van der Waals surface area contributed by atoms with Crippen molar-refractivity contribution in [2.45, 2.75) is 63.4 Å². The Kier molecular flexibility index (Phi) is 10.6. The second-order valence-electron chi connectivity index (χ2n) is 8.62. The summed E-state index contributed by atoms with van der Waals surface area (Å²) in [5.74, 6) is 1.89. The zero-order chi connectivity index (χ0) is 24.2. The summed E-state index contributed by atoms with van der Waals surface area (Å²) in [5.41, 5.74) is 5.08. The van der Waals surface area contributed by atoms with Crippen LogP contribution in [0.1, 0.15) is 47.3 Å². The van der Waals surface area contributed by atoms with Crippen LogP contribution in [0.5, 0.6) is 0 Å². The maximum absolute atomic E-state index is 12.3. The first kappa shape index (κ1) is 26.0. The summed E-state index contributed by atoms with van der Waals surface area (Å²) in [6, 6.07) is 16.9. The lowest BCUT2D eigenvalue weighted by Crippen LogP contribution is -2.25. The van der Waals surface area contributed by atoms with Crippen LogP contribution in [0.15, 0.2) is 53.7 Å². The van der Waals surface area contributed by atoms with Gasteiger partial charge in [-0.3, -0.25) is 4.79 Å². The summed E-state index contributed by atoms with van der Waals surface area (Å²) in [5, 5.41) is 12.9. The number of benzene rings is 2. The standard InChI is InChI=1S/C27H36N4O2S/c1-21-17-22(2)19-24(18-21)20-34-27-30-29-25(31(27)15-8-16-33-3)11-7-12-26(32)28-14-13-23-9-5-4-6-10-23/h4-6,9-10,17-19H,7-8,11-16,20H2,1-3H3,(H,28,32). The van der Waals surface area contributed by atoms with Crippen LogP contribution < -0.4 is 5.32 Å². The summed E-state index contributed by atoms with van der Waals surface area (Å²) < 4.78 is 7.44. The SMILES string of the molecule is COCCCn1c(CCCC(=O)NCCc2ccccc2)nnc1SCc1cc(C)cc(C)c1. The van der Waals surface area contributed by atoms with Gasteiger partial charge in [0, 0.05) is 45.4 Å². The van der Waals surface area contributed by atoms with Crippen LogP contribution in [0.2, 0.25) is 0 Å². The molecule has 0 aliphatic heterocycles. The van der Waals surface area contributed by atoms with E-state index in [-0.39, 0.29) is 5.91 Å². The number of amides is 1. The molecule has 0 spiro atoms. The van der Waals surface area contributed by atoms with E-state index in [4.69, 9.17) is 4.74 Å². The van der Waals surface area contributed by atoms with E-state index >= 15 is 0 Å². The molecule has 0 aliphatic rings. The van der Waals surface area contributed by atoms with Crippen LogP contribution in [0.3, 0.4) is 0 Å². The van der Waals surface area contributed by atoms with Gasteiger partial charge in [-0.25, -0.2) is 0 Å². The average molecular weight is 481 g/mol. The summed E-state index contributed by atoms with van der Waals surface area (Å²) >= 11 is 1.71. The quantitative estimate of drug-likeness (QED) is 0.262. The molecule has 0 radical (unpaired) electrons. The van der Waals surface area contributed by atoms with Gasteiger partial charge in [-0.15, -0.1) is 10.2 Å². The number of hydrogen-bond donors (Lipinski definition) is 1. The van der Waals surface area contributed by atoms with Crippen LogP contribution in [-0.2, 0) is 34.7 Å². The highest BCUT2D eigenvalue weighted by molar-refractivity contribution is 7.98. The van der Waals surface area contributed by atoms with Gasteiger partial charge >= 0.3 is 0 Å². The number of carbonyl (C=O) groups is 1. The molecule has 7 heteroatoms. The maximum Gasteiger partial charge on any atom is 0.220 e. The average Bonchev–Trinajstić information content (AvgIpc) is 3.19. The Bertz CT molecular complexity index is 1020. The summed E-state index contributed by atoms with van der Waals surface area (Å²) in [4.78, 5) is 12.3. The molecule has 1 N–H and O–H groups in total. The number of hydrogen-bond acceptors (Lipinski definition) is 5. The van der Waals surface area contributed by atoms with E-state index in [9.17, 15) is 4.79 Å². The van der Waals surface area contributed by atoms with Crippen LogP contribution in [0.25, 0.3) is 0 Å². The fraction of sp³-hybridized carbons (Fsp3) is 0.444. The van der Waals surface area contributed by atoms with Gasteiger partial charge in [-0.2, -0.15) is 0 Å². The molecular formula is C27H36N4O2S. The summed E-state index contributed by atoms with van der Waals surface area (Å²) in [7, 11) is 1.72. The molecule has 3 rings (SSSR count). The van der Waals surface area contributed by atoms with Gasteiger partial charge < -0.3 is 14.6 Å². The fourth-order valence-electron chi connectivity index (χ4n) is 3.99. The van der Waals surface area contributed by atoms with Crippen molar-refractivity contribution in [3.8, 4) is 0 Å². The number of aryl methyl sites for hydroxylation is 3. The van der Waals surface area contributed by atoms with Crippen molar-refractivity contribution in [1.82, 2.24) is 20.1 Å². The van der Waals surface area contributed by atoms with Crippen LogP contribution in [0, 0.1) is 13.8 Å². The molecule has 1 aromatic heterocycles. The Hall–Kier alpha value is -2.64. The molecule has 0 aliphatic carbocycles. The molecular weight excluding hydrogens is 444 g/mol.